The standard InChI is InChI=1S/C27H25N3O3/c1-33-24-14-12-23(13-15-24)25-16-17-26(31)30(28-25)20-27(32)29(18-21-8-4-2-5-9-21)19-22-10-6-3-7-11-22/h2-17H,18-20H2,1H3. The highest BCUT2D eigenvalue weighted by Crippen LogP contribution is 2.19. The van der Waals surface area contributed by atoms with E-state index in [1.54, 1.807) is 18.1 Å². The van der Waals surface area contributed by atoms with Crippen molar-refractivity contribution in [2.24, 2.45) is 0 Å². The van der Waals surface area contributed by atoms with Crippen LogP contribution in [0.5, 0.6) is 5.75 Å². The number of hydrogen-bond donors (Lipinski definition) is 0. The molecule has 1 heterocycles. The number of carbonyl (C=O) groups excluding carboxylic acids is 1. The van der Waals surface area contributed by atoms with Crippen molar-refractivity contribution in [2.75, 3.05) is 7.11 Å². The minimum atomic E-state index is -0.319. The van der Waals surface area contributed by atoms with Gasteiger partial charge in [0.05, 0.1) is 12.8 Å². The Morgan fingerprint density at radius 3 is 1.94 bits per heavy atom. The topological polar surface area (TPSA) is 64.4 Å². The molecule has 0 N–H and O–H groups in total. The zero-order chi connectivity index (χ0) is 23.0. The molecule has 0 bridgehead atoms. The van der Waals surface area contributed by atoms with Gasteiger partial charge in [-0.1, -0.05) is 60.7 Å². The maximum absolute atomic E-state index is 13.3. The summed E-state index contributed by atoms with van der Waals surface area (Å²) < 4.78 is 6.43. The summed E-state index contributed by atoms with van der Waals surface area (Å²) in [6.45, 7) is 0.755. The molecule has 0 atom stereocenters. The first-order valence-corrected chi connectivity index (χ1v) is 10.7. The van der Waals surface area contributed by atoms with E-state index in [4.69, 9.17) is 4.74 Å². The number of amides is 1. The van der Waals surface area contributed by atoms with Crippen molar-refractivity contribution in [1.29, 1.82) is 0 Å². The van der Waals surface area contributed by atoms with Gasteiger partial charge in [0.1, 0.15) is 12.3 Å². The molecule has 0 unspecified atom stereocenters. The number of ether oxygens (including phenoxy) is 1. The molecule has 0 aliphatic heterocycles. The van der Waals surface area contributed by atoms with Crippen molar-refractivity contribution < 1.29 is 9.53 Å². The zero-order valence-electron chi connectivity index (χ0n) is 18.4. The van der Waals surface area contributed by atoms with Crippen LogP contribution in [0.25, 0.3) is 11.3 Å². The van der Waals surface area contributed by atoms with Crippen molar-refractivity contribution >= 4 is 5.91 Å². The average molecular weight is 440 g/mol. The molecule has 0 fully saturated rings. The molecule has 4 rings (SSSR count). The van der Waals surface area contributed by atoms with Gasteiger partial charge in [-0.15, -0.1) is 0 Å². The second kappa shape index (κ2) is 10.4. The average Bonchev–Trinajstić information content (AvgIpc) is 2.86. The Labute approximate surface area is 192 Å². The third-order valence-electron chi connectivity index (χ3n) is 5.32. The van der Waals surface area contributed by atoms with Crippen LogP contribution in [0.15, 0.2) is 102 Å². The number of nitrogens with zero attached hydrogens (tertiary/aromatic N) is 3. The largest absolute Gasteiger partial charge is 0.497 e. The minimum absolute atomic E-state index is 0.136. The Kier molecular flexibility index (Phi) is 6.95. The van der Waals surface area contributed by atoms with E-state index in [-0.39, 0.29) is 18.0 Å². The third kappa shape index (κ3) is 5.74. The van der Waals surface area contributed by atoms with Gasteiger partial charge in [-0.2, -0.15) is 5.10 Å². The third-order valence-corrected chi connectivity index (χ3v) is 5.32. The Hall–Kier alpha value is -4.19. The van der Waals surface area contributed by atoms with Crippen LogP contribution in [0.4, 0.5) is 0 Å². The van der Waals surface area contributed by atoms with Gasteiger partial charge in [-0.05, 0) is 41.5 Å². The first-order valence-electron chi connectivity index (χ1n) is 10.7. The number of hydrogen-bond acceptors (Lipinski definition) is 4. The van der Waals surface area contributed by atoms with Crippen LogP contribution >= 0.6 is 0 Å². The summed E-state index contributed by atoms with van der Waals surface area (Å²) in [4.78, 5) is 27.6. The molecular formula is C27H25N3O3. The highest BCUT2D eigenvalue weighted by molar-refractivity contribution is 5.76. The van der Waals surface area contributed by atoms with E-state index in [2.05, 4.69) is 5.10 Å². The van der Waals surface area contributed by atoms with Crippen molar-refractivity contribution in [2.45, 2.75) is 19.6 Å². The molecule has 6 heteroatoms. The van der Waals surface area contributed by atoms with E-state index in [0.717, 1.165) is 22.4 Å². The van der Waals surface area contributed by atoms with Gasteiger partial charge < -0.3 is 9.64 Å². The predicted octanol–water partition coefficient (Wildman–Crippen LogP) is 4.15. The Balaban J connectivity index is 1.58. The maximum Gasteiger partial charge on any atom is 0.267 e. The number of benzene rings is 3. The fourth-order valence-electron chi connectivity index (χ4n) is 3.55. The van der Waals surface area contributed by atoms with Crippen molar-refractivity contribution in [1.82, 2.24) is 14.7 Å². The van der Waals surface area contributed by atoms with Gasteiger partial charge in [-0.25, -0.2) is 4.68 Å². The van der Waals surface area contributed by atoms with Crippen molar-refractivity contribution in [3.05, 3.63) is 119 Å². The summed E-state index contributed by atoms with van der Waals surface area (Å²) in [5.74, 6) is 0.559. The van der Waals surface area contributed by atoms with Gasteiger partial charge in [0, 0.05) is 24.7 Å². The van der Waals surface area contributed by atoms with Gasteiger partial charge in [0.25, 0.3) is 5.56 Å². The molecule has 0 spiro atoms. The molecule has 0 radical (unpaired) electrons. The molecular weight excluding hydrogens is 414 g/mol. The monoisotopic (exact) mass is 439 g/mol. The molecule has 6 nitrogen and oxygen atoms in total. The molecule has 0 saturated carbocycles. The lowest BCUT2D eigenvalue weighted by molar-refractivity contribution is -0.133. The fraction of sp³-hybridized carbons (Fsp3) is 0.148. The van der Waals surface area contributed by atoms with Crippen molar-refractivity contribution in [3.63, 3.8) is 0 Å². The molecule has 0 saturated heterocycles. The summed E-state index contributed by atoms with van der Waals surface area (Å²) in [5, 5.41) is 4.45. The van der Waals surface area contributed by atoms with Crippen LogP contribution in [0.3, 0.4) is 0 Å². The number of rotatable bonds is 8. The lowest BCUT2D eigenvalue weighted by atomic mass is 10.1. The van der Waals surface area contributed by atoms with Crippen LogP contribution in [0.1, 0.15) is 11.1 Å². The molecule has 3 aromatic carbocycles. The highest BCUT2D eigenvalue weighted by atomic mass is 16.5. The van der Waals surface area contributed by atoms with Crippen LogP contribution in [0, 0.1) is 0 Å². The molecule has 0 aliphatic rings. The number of methoxy groups -OCH3 is 1. The molecule has 1 amide bonds. The van der Waals surface area contributed by atoms with E-state index in [1.807, 2.05) is 84.9 Å². The first-order chi connectivity index (χ1) is 16.1. The first kappa shape index (κ1) is 22.0. The number of carbonyl (C=O) groups is 1. The van der Waals surface area contributed by atoms with Crippen molar-refractivity contribution in [3.8, 4) is 17.0 Å². The van der Waals surface area contributed by atoms with Gasteiger partial charge in [0.15, 0.2) is 0 Å². The van der Waals surface area contributed by atoms with E-state index >= 15 is 0 Å². The molecule has 4 aromatic rings. The predicted molar refractivity (Wildman–Crippen MR) is 128 cm³/mol. The van der Waals surface area contributed by atoms with E-state index in [9.17, 15) is 9.59 Å². The van der Waals surface area contributed by atoms with Gasteiger partial charge >= 0.3 is 0 Å². The smallest absolute Gasteiger partial charge is 0.267 e. The van der Waals surface area contributed by atoms with Gasteiger partial charge in [-0.3, -0.25) is 9.59 Å². The zero-order valence-corrected chi connectivity index (χ0v) is 18.4. The fourth-order valence-corrected chi connectivity index (χ4v) is 3.55. The van der Waals surface area contributed by atoms with Crippen LogP contribution in [-0.4, -0.2) is 27.7 Å². The molecule has 166 valence electrons. The molecule has 33 heavy (non-hydrogen) atoms. The second-order valence-corrected chi connectivity index (χ2v) is 7.66. The molecule has 0 aliphatic carbocycles. The van der Waals surface area contributed by atoms with Crippen LogP contribution in [-0.2, 0) is 24.4 Å². The Morgan fingerprint density at radius 2 is 1.39 bits per heavy atom. The SMILES string of the molecule is COc1ccc(-c2ccc(=O)n(CC(=O)N(Cc3ccccc3)Cc3ccccc3)n2)cc1. The van der Waals surface area contributed by atoms with Crippen LogP contribution < -0.4 is 10.3 Å². The summed E-state index contributed by atoms with van der Waals surface area (Å²) in [7, 11) is 1.61. The van der Waals surface area contributed by atoms with E-state index < -0.39 is 0 Å². The summed E-state index contributed by atoms with van der Waals surface area (Å²) in [6.07, 6.45) is 0. The lowest BCUT2D eigenvalue weighted by Gasteiger charge is -2.23. The molecule has 1 aromatic heterocycles. The highest BCUT2D eigenvalue weighted by Gasteiger charge is 2.17. The minimum Gasteiger partial charge on any atom is -0.497 e. The Bertz CT molecular complexity index is 1210. The normalized spacial score (nSPS) is 10.6. The van der Waals surface area contributed by atoms with E-state index in [1.165, 1.54) is 10.7 Å². The van der Waals surface area contributed by atoms with E-state index in [0.29, 0.717) is 18.8 Å². The summed E-state index contributed by atoms with van der Waals surface area (Å²) in [6, 6.07) is 30.1. The Morgan fingerprint density at radius 1 is 0.818 bits per heavy atom. The van der Waals surface area contributed by atoms with Crippen LogP contribution in [0.2, 0.25) is 0 Å². The number of aromatic nitrogens is 2. The maximum atomic E-state index is 13.3. The summed E-state index contributed by atoms with van der Waals surface area (Å²) >= 11 is 0. The summed E-state index contributed by atoms with van der Waals surface area (Å²) in [5.41, 5.74) is 3.17. The second-order valence-electron chi connectivity index (χ2n) is 7.66. The quantitative estimate of drug-likeness (QED) is 0.414. The van der Waals surface area contributed by atoms with Gasteiger partial charge in [0.2, 0.25) is 5.91 Å². The lowest BCUT2D eigenvalue weighted by Crippen LogP contribution is -2.36.